The minimum atomic E-state index is -1.92. The Morgan fingerprint density at radius 3 is 2.27 bits per heavy atom. The molecule has 1 atom stereocenters. The number of hydrogen-bond donors (Lipinski definition) is 1. The average Bonchev–Trinajstić information content (AvgIpc) is 2.05. The van der Waals surface area contributed by atoms with Gasteiger partial charge in [0.15, 0.2) is 10.8 Å². The Labute approximate surface area is 66.1 Å². The first-order valence-corrected chi connectivity index (χ1v) is 4.06. The summed E-state index contributed by atoms with van der Waals surface area (Å²) in [5, 5.41) is 7.03. The van der Waals surface area contributed by atoms with Crippen LogP contribution in [0.3, 0.4) is 0 Å². The molecule has 58 valence electrons. The van der Waals surface area contributed by atoms with Crippen LogP contribution in [0, 0.1) is 0 Å². The maximum absolute atomic E-state index is 10.9. The van der Waals surface area contributed by atoms with Crippen LogP contribution in [0.2, 0.25) is 0 Å². The van der Waals surface area contributed by atoms with E-state index >= 15 is 0 Å². The van der Waals surface area contributed by atoms with Gasteiger partial charge in [-0.25, -0.2) is 9.00 Å². The molecule has 0 bridgehead atoms. The Kier molecular flexibility index (Phi) is 2.38. The third-order valence-electron chi connectivity index (χ3n) is 1.12. The predicted molar refractivity (Wildman–Crippen MR) is 40.9 cm³/mol. The maximum Gasteiger partial charge on any atom is 0.400 e. The summed E-state index contributed by atoms with van der Waals surface area (Å²) in [5.41, 5.74) is 0. The van der Waals surface area contributed by atoms with E-state index in [-0.39, 0.29) is 0 Å². The van der Waals surface area contributed by atoms with Crippen molar-refractivity contribution in [1.29, 1.82) is 0 Å². The van der Waals surface area contributed by atoms with Gasteiger partial charge in [0.25, 0.3) is 0 Å². The number of carbonyl (C=O) groups is 1. The van der Waals surface area contributed by atoms with Gasteiger partial charge in [0, 0.05) is 0 Å². The van der Waals surface area contributed by atoms with E-state index in [4.69, 9.17) is 5.11 Å². The van der Waals surface area contributed by atoms with Gasteiger partial charge >= 0.3 is 5.30 Å². The van der Waals surface area contributed by atoms with Gasteiger partial charge < -0.3 is 5.11 Å². The summed E-state index contributed by atoms with van der Waals surface area (Å²) in [6, 6.07) is 8.07. The molecule has 3 nitrogen and oxygen atoms in total. The van der Waals surface area contributed by atoms with Crippen LogP contribution >= 0.6 is 0 Å². The lowest BCUT2D eigenvalue weighted by atomic mass is 10.4. The molecule has 0 radical (unpaired) electrons. The lowest BCUT2D eigenvalue weighted by Crippen LogP contribution is -2.02. The fourth-order valence-electron chi connectivity index (χ4n) is 0.645. The zero-order chi connectivity index (χ0) is 8.27. The Bertz CT molecular complexity index is 281. The Morgan fingerprint density at radius 2 is 1.82 bits per heavy atom. The Morgan fingerprint density at radius 1 is 1.27 bits per heavy atom. The number of rotatable bonds is 1. The first-order chi connectivity index (χ1) is 5.22. The van der Waals surface area contributed by atoms with Crippen LogP contribution in [0.15, 0.2) is 35.2 Å². The first kappa shape index (κ1) is 7.94. The topological polar surface area (TPSA) is 54.4 Å². The van der Waals surface area contributed by atoms with E-state index in [9.17, 15) is 9.00 Å². The van der Waals surface area contributed by atoms with E-state index in [1.165, 1.54) is 12.1 Å². The highest BCUT2D eigenvalue weighted by Crippen LogP contribution is 2.05. The van der Waals surface area contributed by atoms with Crippen LogP contribution in [0.4, 0.5) is 4.79 Å². The van der Waals surface area contributed by atoms with Crippen LogP contribution in [-0.2, 0) is 10.8 Å². The van der Waals surface area contributed by atoms with E-state index < -0.39 is 16.1 Å². The molecule has 0 saturated carbocycles. The van der Waals surface area contributed by atoms with E-state index in [2.05, 4.69) is 0 Å². The lowest BCUT2D eigenvalue weighted by molar-refractivity contribution is 0.221. The average molecular weight is 170 g/mol. The Hall–Kier alpha value is -1.16. The van der Waals surface area contributed by atoms with Crippen molar-refractivity contribution in [1.82, 2.24) is 0 Å². The van der Waals surface area contributed by atoms with Gasteiger partial charge in [-0.2, -0.15) is 0 Å². The van der Waals surface area contributed by atoms with Gasteiger partial charge in [-0.05, 0) is 12.1 Å². The second-order valence-corrected chi connectivity index (χ2v) is 3.21. The van der Waals surface area contributed by atoms with Crippen LogP contribution < -0.4 is 0 Å². The summed E-state index contributed by atoms with van der Waals surface area (Å²) >= 11 is 0. The molecule has 0 amide bonds. The molecule has 11 heavy (non-hydrogen) atoms. The summed E-state index contributed by atoms with van der Waals surface area (Å²) in [7, 11) is -1.92. The molecule has 0 aliphatic carbocycles. The number of carboxylic acid groups (broad SMARTS) is 1. The molecule has 0 aliphatic heterocycles. The molecule has 4 heteroatoms. The fraction of sp³-hybridized carbons (Fsp3) is 0. The van der Waals surface area contributed by atoms with Crippen molar-refractivity contribution in [3.63, 3.8) is 0 Å². The molecule has 1 unspecified atom stereocenters. The molecule has 0 aliphatic rings. The predicted octanol–water partition coefficient (Wildman–Crippen LogP) is 1.47. The SMILES string of the molecule is O=C(O)S(=O)c1ccccc1. The second-order valence-electron chi connectivity index (χ2n) is 1.85. The van der Waals surface area contributed by atoms with Gasteiger partial charge in [0.1, 0.15) is 0 Å². The highest BCUT2D eigenvalue weighted by atomic mass is 32.2. The van der Waals surface area contributed by atoms with Crippen molar-refractivity contribution in [2.45, 2.75) is 4.90 Å². The van der Waals surface area contributed by atoms with Gasteiger partial charge in [0.05, 0.1) is 4.90 Å². The van der Waals surface area contributed by atoms with Gasteiger partial charge in [-0.3, -0.25) is 0 Å². The second kappa shape index (κ2) is 3.30. The molecule has 1 aromatic carbocycles. The smallest absolute Gasteiger partial charge is 0.400 e. The molecule has 1 rings (SSSR count). The molecule has 1 N–H and O–H groups in total. The third-order valence-corrected chi connectivity index (χ3v) is 2.13. The number of benzene rings is 1. The molecule has 1 aromatic rings. The molecule has 0 heterocycles. The van der Waals surface area contributed by atoms with Crippen LogP contribution in [0.5, 0.6) is 0 Å². The molecular formula is C7H6O3S. The Balaban J connectivity index is 2.95. The molecule has 0 spiro atoms. The molecular weight excluding hydrogens is 164 g/mol. The van der Waals surface area contributed by atoms with Gasteiger partial charge in [0.2, 0.25) is 0 Å². The van der Waals surface area contributed by atoms with Crippen LogP contribution in [0.25, 0.3) is 0 Å². The van der Waals surface area contributed by atoms with Crippen molar-refractivity contribution < 1.29 is 14.1 Å². The fourth-order valence-corrected chi connectivity index (χ4v) is 1.25. The zero-order valence-corrected chi connectivity index (χ0v) is 6.38. The van der Waals surface area contributed by atoms with Crippen molar-refractivity contribution in [2.24, 2.45) is 0 Å². The first-order valence-electron chi connectivity index (χ1n) is 2.91. The van der Waals surface area contributed by atoms with E-state index in [0.717, 1.165) is 0 Å². The standard InChI is InChI=1S/C7H6O3S/c8-7(9)11(10)6-4-2-1-3-5-6/h1-5H,(H,8,9). The number of hydrogen-bond acceptors (Lipinski definition) is 2. The van der Waals surface area contributed by atoms with Crippen molar-refractivity contribution in [2.75, 3.05) is 0 Å². The monoisotopic (exact) mass is 170 g/mol. The quantitative estimate of drug-likeness (QED) is 0.694. The third kappa shape index (κ3) is 1.88. The highest BCUT2D eigenvalue weighted by molar-refractivity contribution is 7.99. The van der Waals surface area contributed by atoms with Gasteiger partial charge in [-0.15, -0.1) is 0 Å². The van der Waals surface area contributed by atoms with E-state index in [1.54, 1.807) is 18.2 Å². The minimum Gasteiger partial charge on any atom is -0.471 e. The van der Waals surface area contributed by atoms with E-state index in [1.807, 2.05) is 0 Å². The van der Waals surface area contributed by atoms with Crippen LogP contribution in [0.1, 0.15) is 0 Å². The van der Waals surface area contributed by atoms with Crippen molar-refractivity contribution in [3.05, 3.63) is 30.3 Å². The summed E-state index contributed by atoms with van der Waals surface area (Å²) in [4.78, 5) is 10.5. The van der Waals surface area contributed by atoms with Crippen LogP contribution in [-0.4, -0.2) is 14.6 Å². The summed E-state index contributed by atoms with van der Waals surface area (Å²) in [5.74, 6) is 0. The summed E-state index contributed by atoms with van der Waals surface area (Å²) < 4.78 is 10.9. The lowest BCUT2D eigenvalue weighted by Gasteiger charge is -1.93. The van der Waals surface area contributed by atoms with Gasteiger partial charge in [-0.1, -0.05) is 18.2 Å². The highest BCUT2D eigenvalue weighted by Gasteiger charge is 2.10. The minimum absolute atomic E-state index is 0.319. The summed E-state index contributed by atoms with van der Waals surface area (Å²) in [6.45, 7) is 0. The largest absolute Gasteiger partial charge is 0.471 e. The summed E-state index contributed by atoms with van der Waals surface area (Å²) in [6.07, 6.45) is 0. The molecule has 0 saturated heterocycles. The zero-order valence-electron chi connectivity index (χ0n) is 5.56. The maximum atomic E-state index is 10.9. The normalized spacial score (nSPS) is 12.4. The van der Waals surface area contributed by atoms with Crippen molar-refractivity contribution >= 4 is 16.1 Å². The molecule has 0 fully saturated rings. The van der Waals surface area contributed by atoms with Crippen molar-refractivity contribution in [3.8, 4) is 0 Å². The molecule has 0 aromatic heterocycles. The van der Waals surface area contributed by atoms with E-state index in [0.29, 0.717) is 4.90 Å².